The highest BCUT2D eigenvalue weighted by Crippen LogP contribution is 2.38. The average molecular weight is 731 g/mol. The molecule has 0 bridgehead atoms. The summed E-state index contributed by atoms with van der Waals surface area (Å²) < 4.78 is 25.1. The average Bonchev–Trinajstić information content (AvgIpc) is 3.10. The number of carbonyl (C=O) groups excluding carboxylic acids is 3. The van der Waals surface area contributed by atoms with E-state index in [-0.39, 0.29) is 29.8 Å². The lowest BCUT2D eigenvalue weighted by Crippen LogP contribution is -2.59. The van der Waals surface area contributed by atoms with Gasteiger partial charge in [-0.25, -0.2) is 0 Å². The second-order valence-electron chi connectivity index (χ2n) is 16.6. The molecule has 3 saturated heterocycles. The van der Waals surface area contributed by atoms with Gasteiger partial charge in [0.2, 0.25) is 5.91 Å². The number of ketones is 1. The second-order valence-corrected chi connectivity index (χ2v) is 16.6. The van der Waals surface area contributed by atoms with Crippen LogP contribution in [-0.4, -0.2) is 158 Å². The zero-order valence-electron chi connectivity index (χ0n) is 33.5. The number of benzene rings is 1. The van der Waals surface area contributed by atoms with Gasteiger partial charge in [-0.15, -0.1) is 0 Å². The summed E-state index contributed by atoms with van der Waals surface area (Å²) >= 11 is 0. The predicted molar refractivity (Wildman–Crippen MR) is 200 cm³/mol. The first-order valence-electron chi connectivity index (χ1n) is 19.1. The zero-order chi connectivity index (χ0) is 38.5. The first-order valence-corrected chi connectivity index (χ1v) is 19.1. The van der Waals surface area contributed by atoms with Crippen LogP contribution in [-0.2, 0) is 39.8 Å². The number of methoxy groups -OCH3 is 1. The van der Waals surface area contributed by atoms with E-state index in [0.29, 0.717) is 32.5 Å². The Morgan fingerprint density at radius 3 is 2.25 bits per heavy atom. The Hall–Kier alpha value is -2.45. The number of hydrogen-bond donors (Lipinski definition) is 1. The Balaban J connectivity index is 1.58. The Kier molecular flexibility index (Phi) is 14.5. The van der Waals surface area contributed by atoms with Crippen LogP contribution in [0.25, 0.3) is 0 Å². The molecule has 3 fully saturated rings. The van der Waals surface area contributed by atoms with Crippen molar-refractivity contribution in [2.75, 3.05) is 67.5 Å². The van der Waals surface area contributed by atoms with Crippen LogP contribution in [0.5, 0.6) is 0 Å². The van der Waals surface area contributed by atoms with Crippen molar-refractivity contribution in [2.24, 2.45) is 17.3 Å². The largest absolute Gasteiger partial charge is 0.460 e. The lowest BCUT2D eigenvalue weighted by molar-refractivity contribution is -0.295. The first kappa shape index (κ1) is 42.3. The standard InChI is InChI=1S/C40H66N4O8/c1-26-24-40(7,49-11)35(52-37-33(45)31(41(8)9)23-27(2)50-37)28(3)34(46)39(5,6)38(48)51-29(4)32(42(10)25-26)36(47)44-21-19-43(20-22-44)18-17-30-15-13-12-14-16-30/h12-16,26-29,31-33,35,37,45H,17-25H2,1-11H3/t26-,27-,28+,29+,31+,32-,33-,35-,37+,40-/m1/s1. The third kappa shape index (κ3) is 9.80. The molecule has 1 N–H and O–H groups in total. The summed E-state index contributed by atoms with van der Waals surface area (Å²) in [5.41, 5.74) is -1.30. The summed E-state index contributed by atoms with van der Waals surface area (Å²) in [6, 6.07) is 9.45. The summed E-state index contributed by atoms with van der Waals surface area (Å²) in [5, 5.41) is 11.4. The number of nitrogens with zero attached hydrogens (tertiary/aromatic N) is 4. The molecule has 0 radical (unpaired) electrons. The van der Waals surface area contributed by atoms with Crippen molar-refractivity contribution < 1.29 is 38.4 Å². The van der Waals surface area contributed by atoms with Gasteiger partial charge >= 0.3 is 5.97 Å². The van der Waals surface area contributed by atoms with Crippen molar-refractivity contribution >= 4 is 17.7 Å². The molecule has 12 heteroatoms. The molecule has 52 heavy (non-hydrogen) atoms. The topological polar surface area (TPSA) is 121 Å². The Morgan fingerprint density at radius 2 is 1.65 bits per heavy atom. The number of esters is 1. The fourth-order valence-corrected chi connectivity index (χ4v) is 8.51. The predicted octanol–water partition coefficient (Wildman–Crippen LogP) is 3.09. The number of aliphatic hydroxyl groups excluding tert-OH is 1. The highest BCUT2D eigenvalue weighted by Gasteiger charge is 2.52. The van der Waals surface area contributed by atoms with Crippen molar-refractivity contribution in [1.29, 1.82) is 0 Å². The molecule has 1 aromatic rings. The quantitative estimate of drug-likeness (QED) is 0.314. The smallest absolute Gasteiger partial charge is 0.319 e. The Bertz CT molecular complexity index is 1340. The molecule has 12 nitrogen and oxygen atoms in total. The van der Waals surface area contributed by atoms with Crippen LogP contribution in [0.2, 0.25) is 0 Å². The van der Waals surface area contributed by atoms with Crippen molar-refractivity contribution in [1.82, 2.24) is 19.6 Å². The van der Waals surface area contributed by atoms with Crippen molar-refractivity contribution in [3.8, 4) is 0 Å². The first-order chi connectivity index (χ1) is 24.4. The molecule has 4 rings (SSSR count). The van der Waals surface area contributed by atoms with Gasteiger partial charge in [-0.3, -0.25) is 24.2 Å². The fraction of sp³-hybridized carbons (Fsp3) is 0.775. The molecule has 0 saturated carbocycles. The van der Waals surface area contributed by atoms with E-state index in [1.54, 1.807) is 34.8 Å². The molecule has 1 amide bonds. The van der Waals surface area contributed by atoms with Gasteiger partial charge in [-0.1, -0.05) is 44.2 Å². The number of cyclic esters (lactones) is 1. The van der Waals surface area contributed by atoms with E-state index >= 15 is 0 Å². The minimum atomic E-state index is -1.56. The summed E-state index contributed by atoms with van der Waals surface area (Å²) in [4.78, 5) is 50.9. The van der Waals surface area contributed by atoms with Crippen molar-refractivity contribution in [2.45, 2.75) is 116 Å². The van der Waals surface area contributed by atoms with Gasteiger partial charge in [0.15, 0.2) is 12.1 Å². The number of likely N-dealkylation sites (N-methyl/N-ethyl adjacent to an activating group) is 2. The van der Waals surface area contributed by atoms with Crippen LogP contribution in [0, 0.1) is 17.3 Å². The third-order valence-electron chi connectivity index (χ3n) is 11.7. The number of rotatable bonds is 8. The van der Waals surface area contributed by atoms with Gasteiger partial charge in [0, 0.05) is 58.3 Å². The molecule has 0 aliphatic carbocycles. The number of piperazine rings is 1. The zero-order valence-corrected chi connectivity index (χ0v) is 33.5. The molecule has 0 unspecified atom stereocenters. The van der Waals surface area contributed by atoms with Crippen molar-refractivity contribution in [3.05, 3.63) is 35.9 Å². The summed E-state index contributed by atoms with van der Waals surface area (Å²) in [7, 11) is 7.31. The number of amides is 1. The molecule has 294 valence electrons. The molecule has 0 spiro atoms. The van der Waals surface area contributed by atoms with Gasteiger partial charge in [0.05, 0.1) is 17.8 Å². The molecule has 1 aromatic carbocycles. The molecule has 3 aliphatic heterocycles. The van der Waals surface area contributed by atoms with Gasteiger partial charge < -0.3 is 33.9 Å². The molecule has 0 aromatic heterocycles. The Labute approximate surface area is 312 Å². The van der Waals surface area contributed by atoms with Crippen LogP contribution >= 0.6 is 0 Å². The van der Waals surface area contributed by atoms with Crippen LogP contribution in [0.3, 0.4) is 0 Å². The Morgan fingerprint density at radius 1 is 1.02 bits per heavy atom. The van der Waals surface area contributed by atoms with Crippen LogP contribution in [0.1, 0.15) is 66.9 Å². The summed E-state index contributed by atoms with van der Waals surface area (Å²) in [5.74, 6) is -2.04. The second kappa shape index (κ2) is 17.8. The molecular weight excluding hydrogens is 664 g/mol. The number of carbonyl (C=O) groups is 3. The maximum absolute atomic E-state index is 14.4. The molecule has 3 heterocycles. The fourth-order valence-electron chi connectivity index (χ4n) is 8.51. The summed E-state index contributed by atoms with van der Waals surface area (Å²) in [6.45, 7) is 16.7. The molecule has 10 atom stereocenters. The lowest BCUT2D eigenvalue weighted by atomic mass is 9.74. The van der Waals surface area contributed by atoms with E-state index in [2.05, 4.69) is 36.1 Å². The number of ether oxygens (including phenoxy) is 4. The van der Waals surface area contributed by atoms with Crippen LogP contribution in [0.4, 0.5) is 0 Å². The monoisotopic (exact) mass is 730 g/mol. The maximum atomic E-state index is 14.4. The van der Waals surface area contributed by atoms with Gasteiger partial charge in [-0.05, 0) is 86.5 Å². The van der Waals surface area contributed by atoms with E-state index in [1.165, 1.54) is 5.56 Å². The normalized spacial score (nSPS) is 36.1. The SMILES string of the molecule is CO[C@]1(C)C[C@@H](C)CN(C)[C@@H](C(=O)N2CCN(CCc3ccccc3)CC2)[C@H](C)OC(=O)C(C)(C)C(=O)[C@H](C)[C@H]1O[C@@H]1O[C@H](C)C[C@H](N(C)C)[C@H]1O. The number of aliphatic hydroxyl groups is 1. The van der Waals surface area contributed by atoms with E-state index in [9.17, 15) is 19.5 Å². The minimum absolute atomic E-state index is 0.0317. The van der Waals surface area contributed by atoms with Gasteiger partial charge in [0.1, 0.15) is 23.7 Å². The van der Waals surface area contributed by atoms with E-state index < -0.39 is 53.5 Å². The van der Waals surface area contributed by atoms with Gasteiger partial charge in [0.25, 0.3) is 0 Å². The van der Waals surface area contributed by atoms with E-state index in [4.69, 9.17) is 18.9 Å². The van der Waals surface area contributed by atoms with E-state index in [0.717, 1.165) is 26.1 Å². The van der Waals surface area contributed by atoms with Gasteiger partial charge in [-0.2, -0.15) is 0 Å². The molecule has 3 aliphatic rings. The highest BCUT2D eigenvalue weighted by molar-refractivity contribution is 6.04. The van der Waals surface area contributed by atoms with Crippen LogP contribution < -0.4 is 0 Å². The third-order valence-corrected chi connectivity index (χ3v) is 11.7. The summed E-state index contributed by atoms with van der Waals surface area (Å²) in [6.07, 6.45) is -1.83. The van der Waals surface area contributed by atoms with E-state index in [1.807, 2.05) is 55.8 Å². The highest BCUT2D eigenvalue weighted by atomic mass is 16.7. The molecular formula is C40H66N4O8. The van der Waals surface area contributed by atoms with Crippen LogP contribution in [0.15, 0.2) is 30.3 Å². The van der Waals surface area contributed by atoms with Crippen molar-refractivity contribution in [3.63, 3.8) is 0 Å². The number of hydrogen-bond acceptors (Lipinski definition) is 11. The maximum Gasteiger partial charge on any atom is 0.319 e. The minimum Gasteiger partial charge on any atom is -0.460 e. The lowest BCUT2D eigenvalue weighted by Gasteiger charge is -2.47. The number of Topliss-reactive ketones (excluding diaryl/α,β-unsaturated/α-hetero) is 1.